The van der Waals surface area contributed by atoms with Crippen LogP contribution in [-0.2, 0) is 11.2 Å². The first kappa shape index (κ1) is 20.7. The Bertz CT molecular complexity index is 993. The molecule has 8 nitrogen and oxygen atoms in total. The van der Waals surface area contributed by atoms with Crippen molar-refractivity contribution in [1.82, 2.24) is 10.2 Å². The van der Waals surface area contributed by atoms with Crippen molar-refractivity contribution in [3.05, 3.63) is 75.3 Å². The van der Waals surface area contributed by atoms with Gasteiger partial charge in [-0.2, -0.15) is 0 Å². The summed E-state index contributed by atoms with van der Waals surface area (Å²) in [5.41, 5.74) is 1.14. The first-order valence-electron chi connectivity index (χ1n) is 10.5. The fourth-order valence-electron chi connectivity index (χ4n) is 4.31. The minimum Gasteiger partial charge on any atom is -0.352 e. The number of nitrogens with one attached hydrogen (secondary N) is 1. The molecule has 1 atom stereocenters. The molecule has 1 aliphatic heterocycles. The van der Waals surface area contributed by atoms with Crippen LogP contribution in [0.2, 0.25) is 0 Å². The molecule has 31 heavy (non-hydrogen) atoms. The molecule has 8 heteroatoms. The predicted octanol–water partition coefficient (Wildman–Crippen LogP) is 3.25. The number of benzene rings is 2. The number of hydrogen-bond donors (Lipinski definition) is 1. The van der Waals surface area contributed by atoms with Crippen LogP contribution in [0.3, 0.4) is 0 Å². The summed E-state index contributed by atoms with van der Waals surface area (Å²) < 4.78 is 0. The van der Waals surface area contributed by atoms with Gasteiger partial charge in [-0.15, -0.1) is 0 Å². The Kier molecular flexibility index (Phi) is 5.79. The van der Waals surface area contributed by atoms with Gasteiger partial charge in [0.2, 0.25) is 5.91 Å². The molecule has 2 aromatic rings. The van der Waals surface area contributed by atoms with Gasteiger partial charge < -0.3 is 5.32 Å². The lowest BCUT2D eigenvalue weighted by atomic mass is 9.94. The standard InChI is InChI=1S/C23H23N3O5/c27-21(24-16-6-2-1-3-7-16)20(14-15-10-12-17(13-11-15)26(30)31)25-22(28)18-8-4-5-9-19(18)23(25)29/h4-5,8-13,16,20H,1-3,6-7,14H2,(H,24,27)/t20-/m1/s1. The van der Waals surface area contributed by atoms with Crippen LogP contribution in [0.4, 0.5) is 5.69 Å². The molecule has 3 amide bonds. The van der Waals surface area contributed by atoms with E-state index in [9.17, 15) is 24.5 Å². The summed E-state index contributed by atoms with van der Waals surface area (Å²) in [6.45, 7) is 0. The first-order valence-corrected chi connectivity index (χ1v) is 10.5. The zero-order valence-corrected chi connectivity index (χ0v) is 17.0. The van der Waals surface area contributed by atoms with Gasteiger partial charge in [0.25, 0.3) is 17.5 Å². The van der Waals surface area contributed by atoms with Crippen LogP contribution in [0.25, 0.3) is 0 Å². The summed E-state index contributed by atoms with van der Waals surface area (Å²) in [5.74, 6) is -1.36. The minimum absolute atomic E-state index is 0.0239. The largest absolute Gasteiger partial charge is 0.352 e. The van der Waals surface area contributed by atoms with E-state index in [2.05, 4.69) is 5.32 Å². The lowest BCUT2D eigenvalue weighted by Crippen LogP contribution is -2.53. The highest BCUT2D eigenvalue weighted by Crippen LogP contribution is 2.27. The van der Waals surface area contributed by atoms with Crippen LogP contribution in [0.5, 0.6) is 0 Å². The SMILES string of the molecule is O=C(NC1CCCCC1)[C@@H](Cc1ccc([N+](=O)[O-])cc1)N1C(=O)c2ccccc2C1=O. The van der Waals surface area contributed by atoms with Crippen LogP contribution in [0.15, 0.2) is 48.5 Å². The van der Waals surface area contributed by atoms with Crippen LogP contribution in [-0.4, -0.2) is 39.6 Å². The van der Waals surface area contributed by atoms with Gasteiger partial charge in [0.1, 0.15) is 6.04 Å². The summed E-state index contributed by atoms with van der Waals surface area (Å²) in [6, 6.07) is 11.3. The maximum atomic E-state index is 13.3. The third kappa shape index (κ3) is 4.19. The van der Waals surface area contributed by atoms with Gasteiger partial charge in [-0.05, 0) is 30.5 Å². The molecule has 0 bridgehead atoms. The van der Waals surface area contributed by atoms with Gasteiger partial charge in [0, 0.05) is 24.6 Å². The Labute approximate surface area is 179 Å². The monoisotopic (exact) mass is 421 g/mol. The summed E-state index contributed by atoms with van der Waals surface area (Å²) in [5, 5.41) is 13.9. The second-order valence-corrected chi connectivity index (χ2v) is 8.01. The van der Waals surface area contributed by atoms with E-state index in [4.69, 9.17) is 0 Å². The van der Waals surface area contributed by atoms with Crippen molar-refractivity contribution < 1.29 is 19.3 Å². The Morgan fingerprint density at radius 3 is 2.13 bits per heavy atom. The lowest BCUT2D eigenvalue weighted by Gasteiger charge is -2.29. The molecule has 1 saturated carbocycles. The molecule has 1 fully saturated rings. The smallest absolute Gasteiger partial charge is 0.269 e. The third-order valence-corrected chi connectivity index (χ3v) is 5.97. The number of carbonyl (C=O) groups excluding carboxylic acids is 3. The number of hydrogen-bond acceptors (Lipinski definition) is 5. The number of nitro groups is 1. The quantitative estimate of drug-likeness (QED) is 0.437. The number of carbonyl (C=O) groups is 3. The average molecular weight is 421 g/mol. The van der Waals surface area contributed by atoms with E-state index >= 15 is 0 Å². The van der Waals surface area contributed by atoms with Crippen LogP contribution >= 0.6 is 0 Å². The molecule has 1 N–H and O–H groups in total. The maximum Gasteiger partial charge on any atom is 0.269 e. The molecule has 0 aromatic heterocycles. The molecule has 0 unspecified atom stereocenters. The van der Waals surface area contributed by atoms with E-state index in [-0.39, 0.29) is 35.2 Å². The van der Waals surface area contributed by atoms with E-state index in [1.54, 1.807) is 36.4 Å². The Hall–Kier alpha value is -3.55. The molecular formula is C23H23N3O5. The first-order chi connectivity index (χ1) is 15.0. The predicted molar refractivity (Wildman–Crippen MR) is 113 cm³/mol. The van der Waals surface area contributed by atoms with E-state index in [0.717, 1.165) is 37.0 Å². The van der Waals surface area contributed by atoms with Crippen molar-refractivity contribution in [3.8, 4) is 0 Å². The summed E-state index contributed by atoms with van der Waals surface area (Å²) in [6.07, 6.45) is 5.03. The Morgan fingerprint density at radius 1 is 1.00 bits per heavy atom. The number of rotatable bonds is 6. The zero-order valence-electron chi connectivity index (χ0n) is 17.0. The number of nitrogens with zero attached hydrogens (tertiary/aromatic N) is 2. The summed E-state index contributed by atoms with van der Waals surface area (Å²) in [4.78, 5) is 50.7. The highest BCUT2D eigenvalue weighted by Gasteiger charge is 2.43. The Balaban J connectivity index is 1.62. The zero-order chi connectivity index (χ0) is 22.0. The van der Waals surface area contributed by atoms with Crippen molar-refractivity contribution in [2.45, 2.75) is 50.6 Å². The van der Waals surface area contributed by atoms with Gasteiger partial charge in [-0.3, -0.25) is 29.4 Å². The molecule has 1 aliphatic carbocycles. The van der Waals surface area contributed by atoms with E-state index < -0.39 is 22.8 Å². The van der Waals surface area contributed by atoms with Crippen molar-refractivity contribution in [2.24, 2.45) is 0 Å². The number of imide groups is 1. The third-order valence-electron chi connectivity index (χ3n) is 5.97. The van der Waals surface area contributed by atoms with Gasteiger partial charge in [0.15, 0.2) is 0 Å². The van der Waals surface area contributed by atoms with Crippen LogP contribution in [0.1, 0.15) is 58.4 Å². The second-order valence-electron chi connectivity index (χ2n) is 8.01. The normalized spacial score (nSPS) is 17.4. The highest BCUT2D eigenvalue weighted by molar-refractivity contribution is 6.22. The van der Waals surface area contributed by atoms with Gasteiger partial charge in [0.05, 0.1) is 16.1 Å². The summed E-state index contributed by atoms with van der Waals surface area (Å²) >= 11 is 0. The average Bonchev–Trinajstić information content (AvgIpc) is 3.03. The lowest BCUT2D eigenvalue weighted by molar-refractivity contribution is -0.384. The molecule has 0 radical (unpaired) electrons. The molecular weight excluding hydrogens is 398 g/mol. The van der Waals surface area contributed by atoms with Crippen molar-refractivity contribution in [1.29, 1.82) is 0 Å². The van der Waals surface area contributed by atoms with Crippen LogP contribution in [0, 0.1) is 10.1 Å². The van der Waals surface area contributed by atoms with Crippen molar-refractivity contribution in [2.75, 3.05) is 0 Å². The number of nitro benzene ring substituents is 1. The van der Waals surface area contributed by atoms with E-state index in [1.807, 2.05) is 0 Å². The molecule has 160 valence electrons. The highest BCUT2D eigenvalue weighted by atomic mass is 16.6. The van der Waals surface area contributed by atoms with Gasteiger partial charge in [-0.1, -0.05) is 43.5 Å². The molecule has 2 aliphatic rings. The molecule has 2 aromatic carbocycles. The van der Waals surface area contributed by atoms with Gasteiger partial charge >= 0.3 is 0 Å². The van der Waals surface area contributed by atoms with Gasteiger partial charge in [-0.25, -0.2) is 0 Å². The molecule has 4 rings (SSSR count). The Morgan fingerprint density at radius 2 is 1.58 bits per heavy atom. The van der Waals surface area contributed by atoms with E-state index in [0.29, 0.717) is 5.56 Å². The van der Waals surface area contributed by atoms with E-state index in [1.165, 1.54) is 12.1 Å². The topological polar surface area (TPSA) is 110 Å². The fourth-order valence-corrected chi connectivity index (χ4v) is 4.31. The summed E-state index contributed by atoms with van der Waals surface area (Å²) in [7, 11) is 0. The number of amides is 3. The van der Waals surface area contributed by atoms with Crippen molar-refractivity contribution in [3.63, 3.8) is 0 Å². The van der Waals surface area contributed by atoms with Crippen molar-refractivity contribution >= 4 is 23.4 Å². The minimum atomic E-state index is -1.03. The number of non-ortho nitro benzene ring substituents is 1. The number of fused-ring (bicyclic) bond motifs is 1. The molecule has 1 heterocycles. The van der Waals surface area contributed by atoms with Crippen LogP contribution < -0.4 is 5.32 Å². The molecule has 0 saturated heterocycles. The molecule has 0 spiro atoms. The second kappa shape index (κ2) is 8.67. The fraction of sp³-hybridized carbons (Fsp3) is 0.348. The maximum absolute atomic E-state index is 13.3.